The molecule has 1 N–H and O–H groups in total. The Kier molecular flexibility index (Phi) is 7.12. The molecule has 1 saturated carbocycles. The molecule has 0 aromatic rings. The first kappa shape index (κ1) is 17.7. The summed E-state index contributed by atoms with van der Waals surface area (Å²) in [6.07, 6.45) is 8.23. The topological polar surface area (TPSA) is 41.6 Å². The third kappa shape index (κ3) is 4.93. The number of allylic oxidation sites excluding steroid dienone is 1. The maximum atomic E-state index is 12.7. The van der Waals surface area contributed by atoms with Crippen molar-refractivity contribution in [3.8, 4) is 0 Å². The minimum atomic E-state index is -0.0446. The number of carbonyl (C=O) groups is 1. The van der Waals surface area contributed by atoms with Crippen LogP contribution in [0.1, 0.15) is 45.4 Å². The third-order valence-electron chi connectivity index (χ3n) is 4.23. The molecule has 6 heteroatoms. The van der Waals surface area contributed by atoms with Crippen LogP contribution in [0.5, 0.6) is 0 Å². The van der Waals surface area contributed by atoms with Gasteiger partial charge in [-0.15, -0.1) is 0 Å². The molecule has 0 aromatic heterocycles. The highest BCUT2D eigenvalue weighted by Crippen LogP contribution is 2.30. The van der Waals surface area contributed by atoms with Crippen LogP contribution in [0.3, 0.4) is 0 Å². The van der Waals surface area contributed by atoms with Crippen LogP contribution >= 0.6 is 23.4 Å². The van der Waals surface area contributed by atoms with Crippen molar-refractivity contribution in [3.05, 3.63) is 22.0 Å². The van der Waals surface area contributed by atoms with Gasteiger partial charge in [-0.05, 0) is 32.6 Å². The summed E-state index contributed by atoms with van der Waals surface area (Å²) >= 11 is 7.26. The number of thioether (sulfide) groups is 1. The molecule has 22 heavy (non-hydrogen) atoms. The smallest absolute Gasteiger partial charge is 0.322 e. The lowest BCUT2D eigenvalue weighted by molar-refractivity contribution is 0.0345. The highest BCUT2D eigenvalue weighted by molar-refractivity contribution is 8.08. The molecule has 4 nitrogen and oxygen atoms in total. The summed E-state index contributed by atoms with van der Waals surface area (Å²) in [5, 5.41) is 3.48. The van der Waals surface area contributed by atoms with Crippen molar-refractivity contribution >= 4 is 29.4 Å². The number of rotatable bonds is 5. The second kappa shape index (κ2) is 8.85. The van der Waals surface area contributed by atoms with E-state index in [1.54, 1.807) is 6.08 Å². The van der Waals surface area contributed by atoms with E-state index < -0.39 is 0 Å². The Morgan fingerprint density at radius 3 is 2.45 bits per heavy atom. The Balaban J connectivity index is 2.00. The van der Waals surface area contributed by atoms with Gasteiger partial charge in [-0.25, -0.2) is 4.79 Å². The molecule has 1 saturated heterocycles. The van der Waals surface area contributed by atoms with Gasteiger partial charge in [0.15, 0.2) is 0 Å². The molecule has 0 spiro atoms. The van der Waals surface area contributed by atoms with Crippen LogP contribution in [0.2, 0.25) is 0 Å². The molecule has 0 unspecified atom stereocenters. The van der Waals surface area contributed by atoms with Crippen LogP contribution in [0.15, 0.2) is 22.0 Å². The van der Waals surface area contributed by atoms with Gasteiger partial charge in [-0.2, -0.15) is 0 Å². The van der Waals surface area contributed by atoms with Crippen LogP contribution in [0.25, 0.3) is 0 Å². The molecular formula is C16H25ClN2O2S. The summed E-state index contributed by atoms with van der Waals surface area (Å²) in [7, 11) is 0. The Labute approximate surface area is 142 Å². The van der Waals surface area contributed by atoms with E-state index in [1.165, 1.54) is 24.6 Å². The first-order chi connectivity index (χ1) is 10.6. The standard InChI is InChI=1S/C16H25ClN2O2S/c1-3-15(17)22-12(2)18-16(20)19(13-6-4-5-7-13)14-8-10-21-11-9-14/h3,13-14H,2,4-11H2,1H3,(H,18,20)/b15-3-. The number of nitrogens with zero attached hydrogens (tertiary/aromatic N) is 1. The molecule has 1 aliphatic heterocycles. The van der Waals surface area contributed by atoms with E-state index in [9.17, 15) is 4.79 Å². The predicted octanol–water partition coefficient (Wildman–Crippen LogP) is 4.42. The molecule has 0 aromatic carbocycles. The summed E-state index contributed by atoms with van der Waals surface area (Å²) in [5.41, 5.74) is 0. The lowest BCUT2D eigenvalue weighted by Crippen LogP contribution is -2.52. The van der Waals surface area contributed by atoms with Crippen molar-refractivity contribution in [2.75, 3.05) is 13.2 Å². The number of amides is 2. The fourth-order valence-corrected chi connectivity index (χ4v) is 3.93. The SMILES string of the molecule is C=C(NC(=O)N(C1CCCC1)C1CCOCC1)S/C(Cl)=C\C. The van der Waals surface area contributed by atoms with Crippen molar-refractivity contribution in [2.24, 2.45) is 0 Å². The van der Waals surface area contributed by atoms with E-state index in [0.29, 0.717) is 15.4 Å². The lowest BCUT2D eigenvalue weighted by Gasteiger charge is -2.38. The van der Waals surface area contributed by atoms with Crippen LogP contribution in [-0.4, -0.2) is 36.2 Å². The van der Waals surface area contributed by atoms with Crippen LogP contribution in [0.4, 0.5) is 4.79 Å². The zero-order chi connectivity index (χ0) is 15.9. The maximum absolute atomic E-state index is 12.7. The van der Waals surface area contributed by atoms with Crippen molar-refractivity contribution in [1.82, 2.24) is 10.2 Å². The number of carbonyl (C=O) groups excluding carboxylic acids is 1. The van der Waals surface area contributed by atoms with Crippen molar-refractivity contribution in [1.29, 1.82) is 0 Å². The minimum Gasteiger partial charge on any atom is -0.381 e. The fourth-order valence-electron chi connectivity index (χ4n) is 3.16. The first-order valence-corrected chi connectivity index (χ1v) is 9.17. The Morgan fingerprint density at radius 1 is 1.27 bits per heavy atom. The molecule has 2 aliphatic rings. The number of hydrogen-bond acceptors (Lipinski definition) is 3. The molecule has 1 aliphatic carbocycles. The van der Waals surface area contributed by atoms with E-state index in [0.717, 1.165) is 38.9 Å². The van der Waals surface area contributed by atoms with Gasteiger partial charge in [0.2, 0.25) is 0 Å². The van der Waals surface area contributed by atoms with Gasteiger partial charge in [-0.1, -0.05) is 48.9 Å². The van der Waals surface area contributed by atoms with Crippen molar-refractivity contribution in [3.63, 3.8) is 0 Å². The van der Waals surface area contributed by atoms with Crippen LogP contribution in [0, 0.1) is 0 Å². The molecule has 1 heterocycles. The number of nitrogens with one attached hydrogen (secondary N) is 1. The van der Waals surface area contributed by atoms with Gasteiger partial charge in [0.05, 0.1) is 9.39 Å². The normalized spacial score (nSPS) is 20.9. The zero-order valence-corrected chi connectivity index (χ0v) is 14.7. The largest absolute Gasteiger partial charge is 0.381 e. The molecule has 0 bridgehead atoms. The molecule has 2 fully saturated rings. The van der Waals surface area contributed by atoms with Gasteiger partial charge in [0.25, 0.3) is 0 Å². The molecular weight excluding hydrogens is 320 g/mol. The lowest BCUT2D eigenvalue weighted by atomic mass is 10.0. The Hall–Kier alpha value is -0.650. The van der Waals surface area contributed by atoms with E-state index in [4.69, 9.17) is 16.3 Å². The molecule has 0 atom stereocenters. The van der Waals surface area contributed by atoms with E-state index in [2.05, 4.69) is 11.9 Å². The quantitative estimate of drug-likeness (QED) is 0.802. The molecule has 0 radical (unpaired) electrons. The van der Waals surface area contributed by atoms with Gasteiger partial charge >= 0.3 is 6.03 Å². The van der Waals surface area contributed by atoms with Crippen molar-refractivity contribution < 1.29 is 9.53 Å². The van der Waals surface area contributed by atoms with E-state index in [-0.39, 0.29) is 12.1 Å². The zero-order valence-electron chi connectivity index (χ0n) is 13.1. The molecule has 124 valence electrons. The second-order valence-electron chi connectivity index (χ2n) is 5.74. The van der Waals surface area contributed by atoms with Gasteiger partial charge in [0.1, 0.15) is 0 Å². The minimum absolute atomic E-state index is 0.0446. The number of ether oxygens (including phenoxy) is 1. The van der Waals surface area contributed by atoms with Gasteiger partial charge < -0.3 is 15.0 Å². The summed E-state index contributed by atoms with van der Waals surface area (Å²) in [6.45, 7) is 7.22. The number of halogens is 1. The number of urea groups is 1. The molecule has 2 rings (SSSR count). The molecule has 2 amide bonds. The second-order valence-corrected chi connectivity index (χ2v) is 7.51. The third-order valence-corrected chi connectivity index (χ3v) is 5.46. The summed E-state index contributed by atoms with van der Waals surface area (Å²) in [6, 6.07) is 0.571. The highest BCUT2D eigenvalue weighted by atomic mass is 35.5. The van der Waals surface area contributed by atoms with Gasteiger partial charge in [0, 0.05) is 25.3 Å². The van der Waals surface area contributed by atoms with Crippen LogP contribution in [-0.2, 0) is 4.74 Å². The fraction of sp³-hybridized carbons (Fsp3) is 0.688. The van der Waals surface area contributed by atoms with E-state index in [1.807, 2.05) is 11.8 Å². The monoisotopic (exact) mass is 344 g/mol. The maximum Gasteiger partial charge on any atom is 0.322 e. The van der Waals surface area contributed by atoms with Crippen molar-refractivity contribution in [2.45, 2.75) is 57.5 Å². The first-order valence-electron chi connectivity index (χ1n) is 7.97. The van der Waals surface area contributed by atoms with Crippen LogP contribution < -0.4 is 5.32 Å². The van der Waals surface area contributed by atoms with Gasteiger partial charge in [-0.3, -0.25) is 0 Å². The summed E-state index contributed by atoms with van der Waals surface area (Å²) in [4.78, 5) is 14.8. The Morgan fingerprint density at radius 2 is 1.86 bits per heavy atom. The average Bonchev–Trinajstić information content (AvgIpc) is 3.02. The average molecular weight is 345 g/mol. The van der Waals surface area contributed by atoms with E-state index >= 15 is 0 Å². The number of hydrogen-bond donors (Lipinski definition) is 1. The highest BCUT2D eigenvalue weighted by Gasteiger charge is 2.33. The summed E-state index contributed by atoms with van der Waals surface area (Å²) < 4.78 is 6.05. The predicted molar refractivity (Wildman–Crippen MR) is 92.8 cm³/mol. The Bertz CT molecular complexity index is 430. The summed E-state index contributed by atoms with van der Waals surface area (Å²) in [5.74, 6) is 0.